The minimum absolute atomic E-state index is 0.0700. The molecule has 0 aliphatic carbocycles. The van der Waals surface area contributed by atoms with E-state index < -0.39 is 0 Å². The molecule has 0 aromatic heterocycles. The van der Waals surface area contributed by atoms with Gasteiger partial charge in [-0.15, -0.1) is 0 Å². The average Bonchev–Trinajstić information content (AvgIpc) is 2.14. The van der Waals surface area contributed by atoms with Crippen molar-refractivity contribution in [3.05, 3.63) is 0 Å². The highest BCUT2D eigenvalue weighted by atomic mass is 15.3. The van der Waals surface area contributed by atoms with Crippen molar-refractivity contribution in [1.29, 1.82) is 0 Å². The molecule has 1 heterocycles. The number of piperazine rings is 1. The van der Waals surface area contributed by atoms with Gasteiger partial charge in [0, 0.05) is 38.3 Å². The fourth-order valence-electron chi connectivity index (χ4n) is 2.06. The molecule has 1 aliphatic rings. The van der Waals surface area contributed by atoms with Crippen molar-refractivity contribution in [1.82, 2.24) is 9.80 Å². The maximum absolute atomic E-state index is 6.01. The lowest BCUT2D eigenvalue weighted by molar-refractivity contribution is 0.116. The summed E-state index contributed by atoms with van der Waals surface area (Å²) < 4.78 is 0. The van der Waals surface area contributed by atoms with Crippen molar-refractivity contribution in [2.24, 2.45) is 11.5 Å². The molecule has 1 fully saturated rings. The Balaban J connectivity index is 2.18. The normalized spacial score (nSPS) is 20.8. The molecule has 4 nitrogen and oxygen atoms in total. The zero-order valence-electron chi connectivity index (χ0n) is 10.2. The first kappa shape index (κ1) is 12.9. The molecule has 0 saturated carbocycles. The zero-order valence-corrected chi connectivity index (χ0v) is 10.2. The van der Waals surface area contributed by atoms with Crippen LogP contribution >= 0.6 is 0 Å². The van der Waals surface area contributed by atoms with Crippen LogP contribution in [0.1, 0.15) is 20.3 Å². The van der Waals surface area contributed by atoms with Crippen LogP contribution in [0.15, 0.2) is 0 Å². The van der Waals surface area contributed by atoms with Gasteiger partial charge in [-0.05, 0) is 33.4 Å². The third kappa shape index (κ3) is 5.47. The van der Waals surface area contributed by atoms with Crippen LogP contribution in [0.4, 0.5) is 0 Å². The van der Waals surface area contributed by atoms with Crippen LogP contribution in [0.2, 0.25) is 0 Å². The Kier molecular flexibility index (Phi) is 4.99. The molecule has 0 radical (unpaired) electrons. The monoisotopic (exact) mass is 214 g/mol. The molecule has 0 aromatic rings. The Morgan fingerprint density at radius 1 is 1.07 bits per heavy atom. The van der Waals surface area contributed by atoms with E-state index in [9.17, 15) is 0 Å². The smallest absolute Gasteiger partial charge is 0.0226 e. The van der Waals surface area contributed by atoms with Crippen molar-refractivity contribution < 1.29 is 0 Å². The second kappa shape index (κ2) is 5.80. The van der Waals surface area contributed by atoms with E-state index in [2.05, 4.69) is 23.6 Å². The number of nitrogens with two attached hydrogens (primary N) is 2. The third-order valence-electron chi connectivity index (χ3n) is 2.77. The minimum atomic E-state index is -0.0700. The molecule has 0 unspecified atom stereocenters. The summed E-state index contributed by atoms with van der Waals surface area (Å²) in [6, 6.07) is 0. The molecular formula is C11H26N4. The number of nitrogens with zero attached hydrogens (tertiary/aromatic N) is 2. The maximum atomic E-state index is 6.01. The van der Waals surface area contributed by atoms with Gasteiger partial charge in [0.05, 0.1) is 0 Å². The lowest BCUT2D eigenvalue weighted by Gasteiger charge is -2.37. The van der Waals surface area contributed by atoms with Crippen LogP contribution < -0.4 is 11.5 Å². The van der Waals surface area contributed by atoms with Gasteiger partial charge in [0.2, 0.25) is 0 Å². The predicted molar refractivity (Wildman–Crippen MR) is 64.8 cm³/mol. The fraction of sp³-hybridized carbons (Fsp3) is 1.00. The van der Waals surface area contributed by atoms with E-state index in [1.54, 1.807) is 0 Å². The van der Waals surface area contributed by atoms with Gasteiger partial charge >= 0.3 is 0 Å². The highest BCUT2D eigenvalue weighted by molar-refractivity contribution is 4.80. The van der Waals surface area contributed by atoms with Crippen LogP contribution in [0.25, 0.3) is 0 Å². The largest absolute Gasteiger partial charge is 0.330 e. The summed E-state index contributed by atoms with van der Waals surface area (Å²) in [6.07, 6.45) is 1.11. The Morgan fingerprint density at radius 2 is 1.60 bits per heavy atom. The van der Waals surface area contributed by atoms with Crippen molar-refractivity contribution in [2.75, 3.05) is 45.8 Å². The fourth-order valence-corrected chi connectivity index (χ4v) is 2.06. The van der Waals surface area contributed by atoms with E-state index in [1.165, 1.54) is 0 Å². The summed E-state index contributed by atoms with van der Waals surface area (Å²) >= 11 is 0. The van der Waals surface area contributed by atoms with Gasteiger partial charge in [-0.2, -0.15) is 0 Å². The minimum Gasteiger partial charge on any atom is -0.330 e. The third-order valence-corrected chi connectivity index (χ3v) is 2.77. The first-order chi connectivity index (χ1) is 7.01. The average molecular weight is 214 g/mol. The van der Waals surface area contributed by atoms with Gasteiger partial charge < -0.3 is 16.4 Å². The molecule has 90 valence electrons. The molecule has 0 atom stereocenters. The molecule has 1 saturated heterocycles. The van der Waals surface area contributed by atoms with Gasteiger partial charge in [-0.3, -0.25) is 4.90 Å². The van der Waals surface area contributed by atoms with E-state index in [-0.39, 0.29) is 5.54 Å². The Bertz CT molecular complexity index is 168. The highest BCUT2D eigenvalue weighted by Gasteiger charge is 2.21. The second-order valence-electron chi connectivity index (χ2n) is 5.25. The number of hydrogen-bond acceptors (Lipinski definition) is 4. The summed E-state index contributed by atoms with van der Waals surface area (Å²) in [5.41, 5.74) is 11.4. The van der Waals surface area contributed by atoms with Crippen LogP contribution in [-0.4, -0.2) is 61.2 Å². The first-order valence-electron chi connectivity index (χ1n) is 5.95. The SMILES string of the molecule is CC(C)(N)CN1CCN(CCCN)CC1. The van der Waals surface area contributed by atoms with E-state index in [0.29, 0.717) is 0 Å². The van der Waals surface area contributed by atoms with E-state index in [0.717, 1.165) is 52.2 Å². The molecule has 0 bridgehead atoms. The lowest BCUT2D eigenvalue weighted by Crippen LogP contribution is -2.53. The topological polar surface area (TPSA) is 58.5 Å². The van der Waals surface area contributed by atoms with Crippen molar-refractivity contribution in [2.45, 2.75) is 25.8 Å². The molecule has 4 heteroatoms. The van der Waals surface area contributed by atoms with Crippen molar-refractivity contribution in [3.63, 3.8) is 0 Å². The van der Waals surface area contributed by atoms with Gasteiger partial charge in [0.25, 0.3) is 0 Å². The predicted octanol–water partition coefficient (Wildman–Crippen LogP) is -0.310. The van der Waals surface area contributed by atoms with Crippen LogP contribution in [-0.2, 0) is 0 Å². The van der Waals surface area contributed by atoms with Crippen LogP contribution in [0.5, 0.6) is 0 Å². The summed E-state index contributed by atoms with van der Waals surface area (Å²) in [5.74, 6) is 0. The Labute approximate surface area is 93.6 Å². The van der Waals surface area contributed by atoms with Gasteiger partial charge in [0.15, 0.2) is 0 Å². The molecule has 0 aromatic carbocycles. The maximum Gasteiger partial charge on any atom is 0.0226 e. The van der Waals surface area contributed by atoms with Gasteiger partial charge in [-0.25, -0.2) is 0 Å². The molecular weight excluding hydrogens is 188 g/mol. The van der Waals surface area contributed by atoms with Crippen molar-refractivity contribution in [3.8, 4) is 0 Å². The van der Waals surface area contributed by atoms with Gasteiger partial charge in [-0.1, -0.05) is 0 Å². The quantitative estimate of drug-likeness (QED) is 0.659. The van der Waals surface area contributed by atoms with Crippen LogP contribution in [0.3, 0.4) is 0 Å². The zero-order chi connectivity index (χ0) is 11.3. The standard InChI is InChI=1S/C11H26N4/c1-11(2,13)10-15-8-6-14(7-9-15)5-3-4-12/h3-10,12-13H2,1-2H3. The van der Waals surface area contributed by atoms with E-state index >= 15 is 0 Å². The summed E-state index contributed by atoms with van der Waals surface area (Å²) in [6.45, 7) is 11.7. The molecule has 0 spiro atoms. The van der Waals surface area contributed by atoms with Gasteiger partial charge in [0.1, 0.15) is 0 Å². The number of hydrogen-bond donors (Lipinski definition) is 2. The molecule has 1 aliphatic heterocycles. The van der Waals surface area contributed by atoms with Crippen LogP contribution in [0, 0.1) is 0 Å². The van der Waals surface area contributed by atoms with Crippen molar-refractivity contribution >= 4 is 0 Å². The number of rotatable bonds is 5. The van der Waals surface area contributed by atoms with E-state index in [4.69, 9.17) is 11.5 Å². The summed E-state index contributed by atoms with van der Waals surface area (Å²) in [4.78, 5) is 4.95. The Hall–Kier alpha value is -0.160. The molecule has 15 heavy (non-hydrogen) atoms. The summed E-state index contributed by atoms with van der Waals surface area (Å²) in [5, 5.41) is 0. The van der Waals surface area contributed by atoms with E-state index in [1.807, 2.05) is 0 Å². The summed E-state index contributed by atoms with van der Waals surface area (Å²) in [7, 11) is 0. The molecule has 1 rings (SSSR count). The second-order valence-corrected chi connectivity index (χ2v) is 5.25. The lowest BCUT2D eigenvalue weighted by atomic mass is 10.1. The Morgan fingerprint density at radius 3 is 2.07 bits per heavy atom. The molecule has 4 N–H and O–H groups in total. The molecule has 0 amide bonds. The highest BCUT2D eigenvalue weighted by Crippen LogP contribution is 2.06. The first-order valence-corrected chi connectivity index (χ1v) is 5.95.